The maximum atomic E-state index is 14.0. The van der Waals surface area contributed by atoms with Gasteiger partial charge in [0.05, 0.1) is 22.2 Å². The molecule has 7 rings (SSSR count). The summed E-state index contributed by atoms with van der Waals surface area (Å²) >= 11 is 5.20. The van der Waals surface area contributed by atoms with Crippen molar-refractivity contribution < 1.29 is 27.6 Å². The topological polar surface area (TPSA) is 88.5 Å². The Morgan fingerprint density at radius 2 is 1.57 bits per heavy atom. The van der Waals surface area contributed by atoms with Crippen LogP contribution in [0.1, 0.15) is 21.9 Å². The molecule has 4 aromatic carbocycles. The number of aromatic nitrogens is 1. The fourth-order valence-electron chi connectivity index (χ4n) is 6.10. The van der Waals surface area contributed by atoms with E-state index < -0.39 is 57.1 Å². The van der Waals surface area contributed by atoms with Gasteiger partial charge in [-0.1, -0.05) is 99.7 Å². The van der Waals surface area contributed by atoms with Crippen LogP contribution in [0.15, 0.2) is 105 Å². The van der Waals surface area contributed by atoms with Gasteiger partial charge in [0.25, 0.3) is 0 Å². The standard InChI is InChI=1S/C33H21BrF3N3O4S2/c34-19-14-12-18(13-15-19)25-26-27(30(43)40(29(26)42)23-11-4-3-9-21(23)33(35,36)37)45-31-28(25)46-32(44)39(31)16-24(41)38-22-10-5-7-17-6-1-2-8-20(17)22/h1-15,25-27H,16H2,(H,38,41)/t25-,26-,27+/m0/s1. The van der Waals surface area contributed by atoms with Crippen LogP contribution >= 0.6 is 39.0 Å². The van der Waals surface area contributed by atoms with Gasteiger partial charge >= 0.3 is 11.0 Å². The molecule has 3 amide bonds. The van der Waals surface area contributed by atoms with E-state index in [1.807, 2.05) is 30.3 Å². The van der Waals surface area contributed by atoms with E-state index in [9.17, 15) is 32.3 Å². The molecular weight excluding hydrogens is 703 g/mol. The lowest BCUT2D eigenvalue weighted by Gasteiger charge is -2.30. The van der Waals surface area contributed by atoms with Gasteiger partial charge in [-0.05, 0) is 41.3 Å². The maximum absolute atomic E-state index is 14.0. The van der Waals surface area contributed by atoms with Gasteiger partial charge in [-0.2, -0.15) is 13.2 Å². The molecule has 1 N–H and O–H groups in total. The van der Waals surface area contributed by atoms with Crippen LogP contribution in [0.3, 0.4) is 0 Å². The second kappa shape index (κ2) is 11.6. The van der Waals surface area contributed by atoms with Crippen molar-refractivity contribution >= 4 is 78.9 Å². The van der Waals surface area contributed by atoms with Crippen LogP contribution < -0.4 is 15.1 Å². The number of anilines is 2. The Kier molecular flexibility index (Phi) is 7.65. The predicted octanol–water partition coefficient (Wildman–Crippen LogP) is 7.28. The SMILES string of the molecule is O=C(Cn1c2c(sc1=O)[C@@H](c1ccc(Br)cc1)[C@@H]1C(=O)N(c3ccccc3C(F)(F)F)C(=O)[C@@H]1S2)Nc1cccc2ccccc12. The second-order valence-electron chi connectivity index (χ2n) is 10.8. The number of nitrogens with zero attached hydrogens (tertiary/aromatic N) is 2. The first-order valence-electron chi connectivity index (χ1n) is 14.0. The lowest BCUT2D eigenvalue weighted by atomic mass is 9.83. The summed E-state index contributed by atoms with van der Waals surface area (Å²) < 4.78 is 44.0. The van der Waals surface area contributed by atoms with Crippen LogP contribution in [0, 0.1) is 5.92 Å². The average molecular weight is 725 g/mol. The molecule has 2 aliphatic heterocycles. The quantitative estimate of drug-likeness (QED) is 0.193. The summed E-state index contributed by atoms with van der Waals surface area (Å²) in [6.45, 7) is -0.367. The third-order valence-electron chi connectivity index (χ3n) is 8.09. The summed E-state index contributed by atoms with van der Waals surface area (Å²) in [5.74, 6) is -3.96. The first-order chi connectivity index (χ1) is 22.0. The summed E-state index contributed by atoms with van der Waals surface area (Å²) in [4.78, 5) is 55.4. The summed E-state index contributed by atoms with van der Waals surface area (Å²) in [6.07, 6.45) is -4.81. The van der Waals surface area contributed by atoms with Gasteiger partial charge in [0.2, 0.25) is 17.7 Å². The number of halogens is 4. The van der Waals surface area contributed by atoms with Crippen LogP contribution in [-0.4, -0.2) is 27.5 Å². The lowest BCUT2D eigenvalue weighted by Crippen LogP contribution is -2.33. The van der Waals surface area contributed by atoms with Crippen molar-refractivity contribution in [2.45, 2.75) is 28.9 Å². The molecule has 5 aromatic rings. The Morgan fingerprint density at radius 1 is 0.870 bits per heavy atom. The number of carbonyl (C=O) groups is 3. The van der Waals surface area contributed by atoms with Crippen molar-refractivity contribution in [3.63, 3.8) is 0 Å². The third-order valence-corrected chi connectivity index (χ3v) is 11.2. The van der Waals surface area contributed by atoms with Crippen molar-refractivity contribution in [3.8, 4) is 0 Å². The number of carbonyl (C=O) groups excluding carboxylic acids is 3. The fourth-order valence-corrected chi connectivity index (χ4v) is 9.14. The van der Waals surface area contributed by atoms with Gasteiger partial charge in [-0.25, -0.2) is 4.90 Å². The van der Waals surface area contributed by atoms with E-state index in [2.05, 4.69) is 21.2 Å². The largest absolute Gasteiger partial charge is 0.418 e. The van der Waals surface area contributed by atoms with Crippen molar-refractivity contribution in [1.29, 1.82) is 0 Å². The molecule has 46 heavy (non-hydrogen) atoms. The molecule has 7 nitrogen and oxygen atoms in total. The molecular formula is C33H21BrF3N3O4S2. The summed E-state index contributed by atoms with van der Waals surface area (Å²) in [6, 6.07) is 24.5. The Morgan fingerprint density at radius 3 is 2.33 bits per heavy atom. The summed E-state index contributed by atoms with van der Waals surface area (Å²) in [7, 11) is 0. The van der Waals surface area contributed by atoms with Gasteiger partial charge < -0.3 is 5.32 Å². The molecule has 0 spiro atoms. The molecule has 232 valence electrons. The molecule has 0 aliphatic carbocycles. The van der Waals surface area contributed by atoms with Gasteiger partial charge in [-0.15, -0.1) is 0 Å². The number of para-hydroxylation sites is 1. The minimum absolute atomic E-state index is 0.337. The number of alkyl halides is 3. The molecule has 0 unspecified atom stereocenters. The minimum atomic E-state index is -4.81. The Bertz CT molecular complexity index is 2110. The number of fused-ring (bicyclic) bond motifs is 3. The van der Waals surface area contributed by atoms with Crippen LogP contribution in [0.2, 0.25) is 0 Å². The first-order valence-corrected chi connectivity index (χ1v) is 16.5. The van der Waals surface area contributed by atoms with E-state index in [4.69, 9.17) is 0 Å². The van der Waals surface area contributed by atoms with Crippen molar-refractivity contribution in [2.24, 2.45) is 5.92 Å². The number of hydrogen-bond acceptors (Lipinski definition) is 6. The van der Waals surface area contributed by atoms with Crippen LogP contribution in [0.4, 0.5) is 24.5 Å². The Hall–Kier alpha value is -4.20. The molecule has 3 heterocycles. The van der Waals surface area contributed by atoms with E-state index in [0.717, 1.165) is 50.5 Å². The van der Waals surface area contributed by atoms with Crippen LogP contribution in [0.25, 0.3) is 10.8 Å². The summed E-state index contributed by atoms with van der Waals surface area (Å²) in [5, 5.41) is 3.82. The smallest absolute Gasteiger partial charge is 0.324 e. The van der Waals surface area contributed by atoms with E-state index in [-0.39, 0.29) is 6.54 Å². The normalized spacial score (nSPS) is 19.3. The number of thiazole rings is 1. The summed E-state index contributed by atoms with van der Waals surface area (Å²) in [5.41, 5.74) is -0.459. The number of benzene rings is 4. The van der Waals surface area contributed by atoms with Gasteiger partial charge in [0, 0.05) is 26.3 Å². The zero-order valence-electron chi connectivity index (χ0n) is 23.5. The van der Waals surface area contributed by atoms with E-state index in [0.29, 0.717) is 26.1 Å². The zero-order valence-corrected chi connectivity index (χ0v) is 26.7. The molecule has 0 radical (unpaired) electrons. The van der Waals surface area contributed by atoms with Gasteiger partial charge in [0.15, 0.2) is 0 Å². The van der Waals surface area contributed by atoms with E-state index >= 15 is 0 Å². The van der Waals surface area contributed by atoms with Crippen LogP contribution in [-0.2, 0) is 27.1 Å². The first kappa shape index (κ1) is 30.5. The third kappa shape index (κ3) is 5.16. The maximum Gasteiger partial charge on any atom is 0.418 e. The average Bonchev–Trinajstić information content (AvgIpc) is 3.47. The minimum Gasteiger partial charge on any atom is -0.324 e. The van der Waals surface area contributed by atoms with Crippen LogP contribution in [0.5, 0.6) is 0 Å². The molecule has 1 saturated heterocycles. The lowest BCUT2D eigenvalue weighted by molar-refractivity contribution is -0.137. The molecule has 1 aromatic heterocycles. The molecule has 2 aliphatic rings. The number of nitrogens with one attached hydrogen (secondary N) is 1. The Balaban J connectivity index is 1.29. The molecule has 1 fully saturated rings. The number of amides is 3. The van der Waals surface area contributed by atoms with Gasteiger partial charge in [-0.3, -0.25) is 23.7 Å². The number of hydrogen-bond donors (Lipinski definition) is 1. The highest BCUT2D eigenvalue weighted by molar-refractivity contribution is 9.10. The second-order valence-corrected chi connectivity index (χ2v) is 13.9. The van der Waals surface area contributed by atoms with Crippen molar-refractivity contribution in [3.05, 3.63) is 121 Å². The zero-order chi connectivity index (χ0) is 32.3. The highest BCUT2D eigenvalue weighted by Gasteiger charge is 2.57. The number of thioether (sulfide) groups is 1. The van der Waals surface area contributed by atoms with Crippen molar-refractivity contribution in [2.75, 3.05) is 10.2 Å². The molecule has 3 atom stereocenters. The predicted molar refractivity (Wildman–Crippen MR) is 174 cm³/mol. The number of imide groups is 1. The van der Waals surface area contributed by atoms with E-state index in [1.54, 1.807) is 36.4 Å². The Labute approximate surface area is 276 Å². The number of rotatable bonds is 5. The fraction of sp³-hybridized carbons (Fsp3) is 0.152. The monoisotopic (exact) mass is 723 g/mol. The molecule has 0 bridgehead atoms. The van der Waals surface area contributed by atoms with Gasteiger partial charge in [0.1, 0.15) is 11.8 Å². The van der Waals surface area contributed by atoms with E-state index in [1.165, 1.54) is 16.7 Å². The highest BCUT2D eigenvalue weighted by Crippen LogP contribution is 2.54. The molecule has 13 heteroatoms. The van der Waals surface area contributed by atoms with Crippen molar-refractivity contribution in [1.82, 2.24) is 4.57 Å². The molecule has 0 saturated carbocycles. The highest BCUT2D eigenvalue weighted by atomic mass is 79.9.